The van der Waals surface area contributed by atoms with Crippen molar-refractivity contribution in [1.29, 1.82) is 0 Å². The molecule has 0 heterocycles. The van der Waals surface area contributed by atoms with Gasteiger partial charge in [0.1, 0.15) is 11.6 Å². The van der Waals surface area contributed by atoms with Gasteiger partial charge in [-0.25, -0.2) is 4.39 Å². The molecule has 1 aromatic carbocycles. The van der Waals surface area contributed by atoms with Crippen molar-refractivity contribution in [2.75, 3.05) is 12.3 Å². The highest BCUT2D eigenvalue weighted by Crippen LogP contribution is 2.17. The molecular formula is C11H16FNO. The molecule has 1 rings (SSSR count). The lowest BCUT2D eigenvalue weighted by Crippen LogP contribution is -1.98. The highest BCUT2D eigenvalue weighted by molar-refractivity contribution is 5.44. The Balaban J connectivity index is 2.42. The van der Waals surface area contributed by atoms with Gasteiger partial charge in [0.15, 0.2) is 0 Å². The smallest absolute Gasteiger partial charge is 0.128 e. The van der Waals surface area contributed by atoms with Gasteiger partial charge in [-0.1, -0.05) is 19.8 Å². The molecule has 0 atom stereocenters. The van der Waals surface area contributed by atoms with E-state index in [1.165, 1.54) is 12.1 Å². The third-order valence-electron chi connectivity index (χ3n) is 1.91. The number of rotatable bonds is 5. The Labute approximate surface area is 83.9 Å². The molecule has 0 aliphatic rings. The van der Waals surface area contributed by atoms with Crippen molar-refractivity contribution in [3.05, 3.63) is 24.0 Å². The fourth-order valence-electron chi connectivity index (χ4n) is 1.21. The molecule has 0 saturated heterocycles. The van der Waals surface area contributed by atoms with Crippen LogP contribution in [0.2, 0.25) is 0 Å². The minimum Gasteiger partial charge on any atom is -0.493 e. The first-order valence-corrected chi connectivity index (χ1v) is 4.91. The Kier molecular flexibility index (Phi) is 4.23. The van der Waals surface area contributed by atoms with E-state index in [1.54, 1.807) is 6.07 Å². The fourth-order valence-corrected chi connectivity index (χ4v) is 1.21. The topological polar surface area (TPSA) is 35.2 Å². The Morgan fingerprint density at radius 2 is 2.07 bits per heavy atom. The molecule has 0 bridgehead atoms. The van der Waals surface area contributed by atoms with Crippen LogP contribution < -0.4 is 10.5 Å². The zero-order valence-corrected chi connectivity index (χ0v) is 8.42. The fraction of sp³-hybridized carbons (Fsp3) is 0.455. The van der Waals surface area contributed by atoms with E-state index in [2.05, 4.69) is 6.92 Å². The normalized spacial score (nSPS) is 10.1. The molecule has 1 aromatic rings. The number of ether oxygens (including phenoxy) is 1. The summed E-state index contributed by atoms with van der Waals surface area (Å²) in [5.41, 5.74) is 5.87. The largest absolute Gasteiger partial charge is 0.493 e. The van der Waals surface area contributed by atoms with E-state index in [-0.39, 0.29) is 5.82 Å². The van der Waals surface area contributed by atoms with E-state index in [0.717, 1.165) is 19.3 Å². The number of halogens is 1. The summed E-state index contributed by atoms with van der Waals surface area (Å²) in [6, 6.07) is 4.26. The zero-order chi connectivity index (χ0) is 10.4. The molecule has 0 unspecified atom stereocenters. The van der Waals surface area contributed by atoms with Gasteiger partial charge >= 0.3 is 0 Å². The number of anilines is 1. The van der Waals surface area contributed by atoms with Crippen molar-refractivity contribution in [2.45, 2.75) is 26.2 Å². The van der Waals surface area contributed by atoms with Gasteiger partial charge < -0.3 is 10.5 Å². The van der Waals surface area contributed by atoms with E-state index >= 15 is 0 Å². The highest BCUT2D eigenvalue weighted by atomic mass is 19.1. The highest BCUT2D eigenvalue weighted by Gasteiger charge is 1.98. The maximum Gasteiger partial charge on any atom is 0.128 e. The maximum absolute atomic E-state index is 12.8. The van der Waals surface area contributed by atoms with Crippen LogP contribution in [-0.4, -0.2) is 6.61 Å². The molecule has 0 aliphatic carbocycles. The third kappa shape index (κ3) is 3.64. The van der Waals surface area contributed by atoms with Crippen LogP contribution in [0.5, 0.6) is 5.75 Å². The van der Waals surface area contributed by atoms with Gasteiger partial charge in [0.2, 0.25) is 0 Å². The minimum absolute atomic E-state index is 0.351. The minimum atomic E-state index is -0.351. The van der Waals surface area contributed by atoms with Gasteiger partial charge in [0, 0.05) is 17.8 Å². The van der Waals surface area contributed by atoms with Crippen LogP contribution in [0.1, 0.15) is 26.2 Å². The van der Waals surface area contributed by atoms with Gasteiger partial charge in [0.05, 0.1) is 6.61 Å². The molecule has 78 valence electrons. The standard InChI is InChI=1S/C11H16FNO/c1-2-3-4-5-14-11-7-9(12)6-10(13)8-11/h6-8H,2-5,13H2,1H3. The molecule has 0 radical (unpaired) electrons. The molecule has 0 spiro atoms. The number of hydrogen-bond acceptors (Lipinski definition) is 2. The van der Waals surface area contributed by atoms with Gasteiger partial charge in [0.25, 0.3) is 0 Å². The quantitative estimate of drug-likeness (QED) is 0.581. The number of nitrogen functional groups attached to an aromatic ring is 1. The average Bonchev–Trinajstić information content (AvgIpc) is 2.11. The van der Waals surface area contributed by atoms with Gasteiger partial charge in [-0.05, 0) is 12.5 Å². The van der Waals surface area contributed by atoms with E-state index in [1.807, 2.05) is 0 Å². The number of nitrogens with two attached hydrogens (primary N) is 1. The summed E-state index contributed by atoms with van der Waals surface area (Å²) >= 11 is 0. The lowest BCUT2D eigenvalue weighted by atomic mass is 10.2. The average molecular weight is 197 g/mol. The van der Waals surface area contributed by atoms with Crippen LogP contribution in [0.15, 0.2) is 18.2 Å². The summed E-state index contributed by atoms with van der Waals surface area (Å²) in [4.78, 5) is 0. The number of hydrogen-bond donors (Lipinski definition) is 1. The third-order valence-corrected chi connectivity index (χ3v) is 1.91. The van der Waals surface area contributed by atoms with E-state index in [4.69, 9.17) is 10.5 Å². The first-order chi connectivity index (χ1) is 6.72. The molecule has 2 N–H and O–H groups in total. The second-order valence-electron chi connectivity index (χ2n) is 3.28. The van der Waals surface area contributed by atoms with E-state index in [9.17, 15) is 4.39 Å². The molecular weight excluding hydrogens is 181 g/mol. The summed E-state index contributed by atoms with van der Waals surface area (Å²) in [7, 11) is 0. The van der Waals surface area contributed by atoms with Gasteiger partial charge in [-0.2, -0.15) is 0 Å². The lowest BCUT2D eigenvalue weighted by Gasteiger charge is -2.06. The predicted molar refractivity (Wildman–Crippen MR) is 55.8 cm³/mol. The Morgan fingerprint density at radius 3 is 2.71 bits per heavy atom. The van der Waals surface area contributed by atoms with Crippen molar-refractivity contribution in [3.63, 3.8) is 0 Å². The van der Waals surface area contributed by atoms with Gasteiger partial charge in [-0.15, -0.1) is 0 Å². The molecule has 2 nitrogen and oxygen atoms in total. The molecule has 14 heavy (non-hydrogen) atoms. The second kappa shape index (κ2) is 5.47. The second-order valence-corrected chi connectivity index (χ2v) is 3.28. The summed E-state index contributed by atoms with van der Waals surface area (Å²) in [5.74, 6) is 0.161. The van der Waals surface area contributed by atoms with Crippen molar-refractivity contribution in [1.82, 2.24) is 0 Å². The lowest BCUT2D eigenvalue weighted by molar-refractivity contribution is 0.305. The first kappa shape index (κ1) is 10.8. The first-order valence-electron chi connectivity index (χ1n) is 4.91. The SMILES string of the molecule is CCCCCOc1cc(N)cc(F)c1. The molecule has 0 aliphatic heterocycles. The summed E-state index contributed by atoms with van der Waals surface area (Å²) in [6.07, 6.45) is 3.27. The maximum atomic E-state index is 12.8. The van der Waals surface area contributed by atoms with Crippen LogP contribution in [0.25, 0.3) is 0 Å². The van der Waals surface area contributed by atoms with Crippen molar-refractivity contribution < 1.29 is 9.13 Å². The molecule has 0 amide bonds. The molecule has 0 saturated carbocycles. The predicted octanol–water partition coefficient (Wildman–Crippen LogP) is 2.98. The van der Waals surface area contributed by atoms with Crippen LogP contribution in [-0.2, 0) is 0 Å². The van der Waals surface area contributed by atoms with Crippen LogP contribution in [0.4, 0.5) is 10.1 Å². The van der Waals surface area contributed by atoms with Crippen molar-refractivity contribution in [3.8, 4) is 5.75 Å². The Morgan fingerprint density at radius 1 is 1.29 bits per heavy atom. The molecule has 0 fully saturated rings. The zero-order valence-electron chi connectivity index (χ0n) is 8.42. The van der Waals surface area contributed by atoms with Crippen LogP contribution in [0, 0.1) is 5.82 Å². The van der Waals surface area contributed by atoms with Gasteiger partial charge in [-0.3, -0.25) is 0 Å². The number of unbranched alkanes of at least 4 members (excludes halogenated alkanes) is 2. The molecule has 3 heteroatoms. The van der Waals surface area contributed by atoms with E-state index in [0.29, 0.717) is 18.0 Å². The summed E-state index contributed by atoms with van der Waals surface area (Å²) < 4.78 is 18.2. The Hall–Kier alpha value is -1.25. The molecule has 0 aromatic heterocycles. The summed E-state index contributed by atoms with van der Waals surface area (Å²) in [5, 5.41) is 0. The van der Waals surface area contributed by atoms with Crippen molar-refractivity contribution >= 4 is 5.69 Å². The summed E-state index contributed by atoms with van der Waals surface area (Å²) in [6.45, 7) is 2.75. The van der Waals surface area contributed by atoms with Crippen molar-refractivity contribution in [2.24, 2.45) is 0 Å². The van der Waals surface area contributed by atoms with Crippen LogP contribution in [0.3, 0.4) is 0 Å². The van der Waals surface area contributed by atoms with Crippen LogP contribution >= 0.6 is 0 Å². The number of benzene rings is 1. The Bertz CT molecular complexity index is 268. The van der Waals surface area contributed by atoms with E-state index < -0.39 is 0 Å². The monoisotopic (exact) mass is 197 g/mol.